The van der Waals surface area contributed by atoms with Gasteiger partial charge in [-0.3, -0.25) is 0 Å². The van der Waals surface area contributed by atoms with Crippen LogP contribution in [0.5, 0.6) is 0 Å². The summed E-state index contributed by atoms with van der Waals surface area (Å²) in [6.07, 6.45) is 0. The largest absolute Gasteiger partial charge is 0.400 e. The predicted octanol–water partition coefficient (Wildman–Crippen LogP) is 1.27. The molecule has 0 amide bonds. The lowest BCUT2D eigenvalue weighted by molar-refractivity contribution is 0.399. The van der Waals surface area contributed by atoms with E-state index in [0.717, 1.165) is 13.0 Å². The maximum absolute atomic E-state index is 7.00. The summed E-state index contributed by atoms with van der Waals surface area (Å²) >= 11 is 0. The molecule has 0 aromatic carbocycles. The van der Waals surface area contributed by atoms with Gasteiger partial charge >= 0.3 is 0 Å². The number of hydrogen-bond acceptors (Lipinski definition) is 1. The Hall–Kier alpha value is -0.0400. The fourth-order valence-electron chi connectivity index (χ4n) is 0. The number of rotatable bonds is 0. The summed E-state index contributed by atoms with van der Waals surface area (Å²) in [5.74, 6) is 0.833. The third-order valence-electron chi connectivity index (χ3n) is 0. The summed E-state index contributed by atoms with van der Waals surface area (Å²) in [6, 6.07) is 0. The maximum atomic E-state index is 7.00. The van der Waals surface area contributed by atoms with E-state index in [9.17, 15) is 0 Å². The SMILES string of the molecule is CC(C)C.CO. The molecule has 0 saturated heterocycles. The van der Waals surface area contributed by atoms with Gasteiger partial charge in [0.25, 0.3) is 0 Å². The zero-order valence-electron chi connectivity index (χ0n) is 5.02. The highest BCUT2D eigenvalue weighted by Crippen LogP contribution is 1.81. The van der Waals surface area contributed by atoms with Gasteiger partial charge < -0.3 is 5.11 Å². The quantitative estimate of drug-likeness (QED) is 0.475. The molecule has 0 radical (unpaired) electrons. The third kappa shape index (κ3) is 21700. The summed E-state index contributed by atoms with van der Waals surface area (Å²) in [5, 5.41) is 7.00. The van der Waals surface area contributed by atoms with Crippen molar-refractivity contribution in [3.8, 4) is 0 Å². The van der Waals surface area contributed by atoms with Crippen molar-refractivity contribution in [2.75, 3.05) is 7.11 Å². The van der Waals surface area contributed by atoms with Gasteiger partial charge in [-0.05, 0) is 5.92 Å². The fourth-order valence-corrected chi connectivity index (χ4v) is 0. The Labute approximate surface area is 40.0 Å². The molecule has 1 nitrogen and oxygen atoms in total. The normalized spacial score (nSPS) is 7.00. The number of aliphatic hydroxyl groups excluding tert-OH is 1. The highest BCUT2D eigenvalue weighted by molar-refractivity contribution is 4.20. The predicted molar refractivity (Wildman–Crippen MR) is 28.7 cm³/mol. The molecule has 40 valence electrons. The molecule has 0 aromatic heterocycles. The van der Waals surface area contributed by atoms with Crippen molar-refractivity contribution in [3.63, 3.8) is 0 Å². The first-order valence-corrected chi connectivity index (χ1v) is 2.18. The van der Waals surface area contributed by atoms with Crippen LogP contribution in [0.4, 0.5) is 0 Å². The van der Waals surface area contributed by atoms with Crippen molar-refractivity contribution >= 4 is 0 Å². The van der Waals surface area contributed by atoms with Gasteiger partial charge in [0.2, 0.25) is 0 Å². The van der Waals surface area contributed by atoms with Gasteiger partial charge in [-0.25, -0.2) is 0 Å². The Morgan fingerprint density at radius 3 is 1.00 bits per heavy atom. The zero-order chi connectivity index (χ0) is 5.58. The zero-order valence-corrected chi connectivity index (χ0v) is 5.02. The molecule has 0 saturated carbocycles. The second-order valence-electron chi connectivity index (χ2n) is 1.73. The van der Waals surface area contributed by atoms with Gasteiger partial charge in [0.1, 0.15) is 0 Å². The molecule has 0 aromatic rings. The van der Waals surface area contributed by atoms with Crippen molar-refractivity contribution in [1.82, 2.24) is 0 Å². The lowest BCUT2D eigenvalue weighted by Crippen LogP contribution is -1.66. The van der Waals surface area contributed by atoms with E-state index in [1.807, 2.05) is 0 Å². The molecule has 0 aliphatic heterocycles. The summed E-state index contributed by atoms with van der Waals surface area (Å²) in [5.41, 5.74) is 0. The van der Waals surface area contributed by atoms with Crippen LogP contribution in [0.1, 0.15) is 20.8 Å². The van der Waals surface area contributed by atoms with Crippen LogP contribution in [-0.2, 0) is 0 Å². The maximum Gasteiger partial charge on any atom is 0.0319 e. The molecule has 0 spiro atoms. The van der Waals surface area contributed by atoms with Crippen LogP contribution < -0.4 is 0 Å². The van der Waals surface area contributed by atoms with Crippen LogP contribution in [-0.4, -0.2) is 12.2 Å². The molecule has 0 bridgehead atoms. The molecule has 0 rings (SSSR count). The van der Waals surface area contributed by atoms with E-state index >= 15 is 0 Å². The molecule has 0 aliphatic rings. The Morgan fingerprint density at radius 2 is 1.00 bits per heavy atom. The van der Waals surface area contributed by atoms with Crippen molar-refractivity contribution < 1.29 is 5.11 Å². The Kier molecular flexibility index (Phi) is 13.8. The molecule has 1 heteroatoms. The molecule has 0 aliphatic carbocycles. The minimum Gasteiger partial charge on any atom is -0.400 e. The average Bonchev–Trinajstić information content (AvgIpc) is 1.41. The molecule has 0 heterocycles. The molecule has 0 unspecified atom stereocenters. The number of aliphatic hydroxyl groups is 1. The van der Waals surface area contributed by atoms with E-state index in [1.165, 1.54) is 0 Å². The van der Waals surface area contributed by atoms with Gasteiger partial charge in [-0.15, -0.1) is 0 Å². The first-order valence-electron chi connectivity index (χ1n) is 2.18. The Bertz CT molecular complexity index is 8.66. The summed E-state index contributed by atoms with van der Waals surface area (Å²) in [7, 11) is 1.00. The van der Waals surface area contributed by atoms with Gasteiger partial charge in [-0.2, -0.15) is 0 Å². The van der Waals surface area contributed by atoms with Crippen molar-refractivity contribution in [2.45, 2.75) is 20.8 Å². The minimum atomic E-state index is 0.833. The van der Waals surface area contributed by atoms with E-state index < -0.39 is 0 Å². The highest BCUT2D eigenvalue weighted by atomic mass is 16.2. The second-order valence-corrected chi connectivity index (χ2v) is 1.73. The molecular formula is C5H14O. The summed E-state index contributed by atoms with van der Waals surface area (Å²) in [6.45, 7) is 6.50. The van der Waals surface area contributed by atoms with E-state index in [-0.39, 0.29) is 0 Å². The number of hydrogen-bond donors (Lipinski definition) is 1. The minimum absolute atomic E-state index is 0.833. The van der Waals surface area contributed by atoms with Gasteiger partial charge in [0.15, 0.2) is 0 Å². The smallest absolute Gasteiger partial charge is 0.0319 e. The van der Waals surface area contributed by atoms with Crippen LogP contribution in [0.3, 0.4) is 0 Å². The van der Waals surface area contributed by atoms with E-state index in [4.69, 9.17) is 5.11 Å². The van der Waals surface area contributed by atoms with Gasteiger partial charge in [0, 0.05) is 7.11 Å². The molecule has 0 atom stereocenters. The van der Waals surface area contributed by atoms with Gasteiger partial charge in [0.05, 0.1) is 0 Å². The summed E-state index contributed by atoms with van der Waals surface area (Å²) < 4.78 is 0. The summed E-state index contributed by atoms with van der Waals surface area (Å²) in [4.78, 5) is 0. The van der Waals surface area contributed by atoms with Crippen molar-refractivity contribution in [3.05, 3.63) is 0 Å². The average molecular weight is 90.2 g/mol. The van der Waals surface area contributed by atoms with Crippen LogP contribution in [0.2, 0.25) is 0 Å². The highest BCUT2D eigenvalue weighted by Gasteiger charge is 1.68. The van der Waals surface area contributed by atoms with Crippen molar-refractivity contribution in [2.24, 2.45) is 5.92 Å². The monoisotopic (exact) mass is 90.1 g/mol. The van der Waals surface area contributed by atoms with Crippen LogP contribution >= 0.6 is 0 Å². The first kappa shape index (κ1) is 9.35. The molecule has 0 fully saturated rings. The van der Waals surface area contributed by atoms with E-state index in [2.05, 4.69) is 20.8 Å². The Balaban J connectivity index is 0. The van der Waals surface area contributed by atoms with Crippen LogP contribution in [0.15, 0.2) is 0 Å². The van der Waals surface area contributed by atoms with Crippen molar-refractivity contribution in [1.29, 1.82) is 0 Å². The fraction of sp³-hybridized carbons (Fsp3) is 1.00. The lowest BCUT2D eigenvalue weighted by atomic mass is 10.3. The first-order chi connectivity index (χ1) is 2.73. The second kappa shape index (κ2) is 8.88. The standard InChI is InChI=1S/C4H10.CH4O/c1-4(2)3;1-2/h4H,1-3H3;2H,1H3. The van der Waals surface area contributed by atoms with Crippen LogP contribution in [0, 0.1) is 5.92 Å². The van der Waals surface area contributed by atoms with Gasteiger partial charge in [-0.1, -0.05) is 20.8 Å². The topological polar surface area (TPSA) is 20.2 Å². The van der Waals surface area contributed by atoms with E-state index in [1.54, 1.807) is 0 Å². The third-order valence-corrected chi connectivity index (χ3v) is 0. The molecule has 1 N–H and O–H groups in total. The molecular weight excluding hydrogens is 76.1 g/mol. The van der Waals surface area contributed by atoms with E-state index in [0.29, 0.717) is 0 Å². The van der Waals surface area contributed by atoms with Crippen LogP contribution in [0.25, 0.3) is 0 Å². The lowest BCUT2D eigenvalue weighted by Gasteiger charge is -1.79. The Morgan fingerprint density at radius 1 is 1.00 bits per heavy atom. The molecule has 6 heavy (non-hydrogen) atoms.